The van der Waals surface area contributed by atoms with Crippen LogP contribution in [-0.2, 0) is 4.79 Å². The summed E-state index contributed by atoms with van der Waals surface area (Å²) in [6.07, 6.45) is 2.00. The number of amides is 1. The Balaban J connectivity index is 1.51. The van der Waals surface area contributed by atoms with E-state index in [9.17, 15) is 9.90 Å². The summed E-state index contributed by atoms with van der Waals surface area (Å²) >= 11 is 12.4. The number of carbonyl (C=O) groups is 1. The molecular formula is C17H21Cl2N3O2. The lowest BCUT2D eigenvalue weighted by atomic mass is 9.95. The zero-order valence-electron chi connectivity index (χ0n) is 13.3. The highest BCUT2D eigenvalue weighted by molar-refractivity contribution is 6.42. The summed E-state index contributed by atoms with van der Waals surface area (Å²) in [5.41, 5.74) is 0.679. The predicted molar refractivity (Wildman–Crippen MR) is 93.8 cm³/mol. The number of fused-ring (bicyclic) bond motifs is 1. The second kappa shape index (κ2) is 6.37. The number of rotatable bonds is 3. The largest absolute Gasteiger partial charge is 0.508 e. The summed E-state index contributed by atoms with van der Waals surface area (Å²) in [4.78, 5) is 16.7. The fraction of sp³-hybridized carbons (Fsp3) is 0.588. The second-order valence-corrected chi connectivity index (χ2v) is 7.85. The molecule has 1 aromatic carbocycles. The van der Waals surface area contributed by atoms with Crippen LogP contribution in [0.25, 0.3) is 0 Å². The summed E-state index contributed by atoms with van der Waals surface area (Å²) in [5, 5.41) is 14.5. The van der Waals surface area contributed by atoms with E-state index in [4.69, 9.17) is 23.2 Å². The van der Waals surface area contributed by atoms with Crippen molar-refractivity contribution in [3.05, 3.63) is 27.7 Å². The Bertz CT molecular complexity index is 665. The van der Waals surface area contributed by atoms with Gasteiger partial charge in [0.1, 0.15) is 5.75 Å². The summed E-state index contributed by atoms with van der Waals surface area (Å²) in [5.74, 6) is 0.370. The van der Waals surface area contributed by atoms with E-state index in [1.807, 2.05) is 4.90 Å². The molecule has 3 saturated heterocycles. The van der Waals surface area contributed by atoms with Crippen molar-refractivity contribution in [1.29, 1.82) is 0 Å². The maximum absolute atomic E-state index is 12.5. The highest BCUT2D eigenvalue weighted by atomic mass is 35.5. The Morgan fingerprint density at radius 3 is 2.79 bits per heavy atom. The first-order chi connectivity index (χ1) is 11.5. The second-order valence-electron chi connectivity index (χ2n) is 7.06. The number of phenolic OH excluding ortho intramolecular Hbond substituents is 1. The van der Waals surface area contributed by atoms with Gasteiger partial charge in [0.2, 0.25) is 5.91 Å². The molecule has 3 heterocycles. The van der Waals surface area contributed by atoms with Gasteiger partial charge in [0, 0.05) is 43.2 Å². The lowest BCUT2D eigenvalue weighted by Gasteiger charge is -2.40. The van der Waals surface area contributed by atoms with Gasteiger partial charge in [-0.25, -0.2) is 0 Å². The van der Waals surface area contributed by atoms with Crippen LogP contribution in [0.15, 0.2) is 12.1 Å². The Morgan fingerprint density at radius 1 is 1.29 bits per heavy atom. The van der Waals surface area contributed by atoms with Gasteiger partial charge in [0.25, 0.3) is 0 Å². The fourth-order valence-corrected chi connectivity index (χ4v) is 4.63. The first kappa shape index (κ1) is 16.5. The number of halogens is 2. The minimum absolute atomic E-state index is 0.0342. The predicted octanol–water partition coefficient (Wildman–Crippen LogP) is 2.06. The Hall–Kier alpha value is -1.01. The fourth-order valence-electron chi connectivity index (χ4n) is 4.15. The average molecular weight is 370 g/mol. The van der Waals surface area contributed by atoms with Gasteiger partial charge in [-0.1, -0.05) is 23.2 Å². The molecule has 0 aromatic heterocycles. The minimum atomic E-state index is 0.0342. The van der Waals surface area contributed by atoms with Crippen molar-refractivity contribution in [3.8, 4) is 5.75 Å². The Labute approximate surface area is 151 Å². The molecule has 0 unspecified atom stereocenters. The van der Waals surface area contributed by atoms with Crippen LogP contribution in [0.5, 0.6) is 5.75 Å². The molecule has 3 aliphatic heterocycles. The number of nitrogens with one attached hydrogen (secondary N) is 1. The van der Waals surface area contributed by atoms with Crippen LogP contribution in [0.3, 0.4) is 0 Å². The van der Waals surface area contributed by atoms with Crippen molar-refractivity contribution in [1.82, 2.24) is 15.1 Å². The van der Waals surface area contributed by atoms with E-state index >= 15 is 0 Å². The van der Waals surface area contributed by atoms with Crippen molar-refractivity contribution in [2.75, 3.05) is 32.7 Å². The SMILES string of the molecule is O=C1CN(C[C@H]2CCN2)C[C@@H]2C[C@H](c3c(O)ccc(Cl)c3Cl)CN12. The van der Waals surface area contributed by atoms with Gasteiger partial charge in [-0.05, 0) is 31.5 Å². The lowest BCUT2D eigenvalue weighted by molar-refractivity contribution is -0.137. The summed E-state index contributed by atoms with van der Waals surface area (Å²) in [6, 6.07) is 3.89. The molecule has 3 aliphatic rings. The highest BCUT2D eigenvalue weighted by Crippen LogP contribution is 2.43. The van der Waals surface area contributed by atoms with Crippen molar-refractivity contribution in [2.45, 2.75) is 30.8 Å². The number of benzene rings is 1. The van der Waals surface area contributed by atoms with Crippen LogP contribution in [0.2, 0.25) is 10.0 Å². The molecule has 0 aliphatic carbocycles. The van der Waals surface area contributed by atoms with E-state index in [2.05, 4.69) is 10.2 Å². The number of nitrogens with zero attached hydrogens (tertiary/aromatic N) is 2. The summed E-state index contributed by atoms with van der Waals surface area (Å²) < 4.78 is 0. The van der Waals surface area contributed by atoms with E-state index < -0.39 is 0 Å². The molecule has 0 radical (unpaired) electrons. The smallest absolute Gasteiger partial charge is 0.237 e. The van der Waals surface area contributed by atoms with Gasteiger partial charge in [-0.2, -0.15) is 0 Å². The first-order valence-corrected chi connectivity index (χ1v) is 9.20. The average Bonchev–Trinajstić information content (AvgIpc) is 2.91. The number of hydrogen-bond donors (Lipinski definition) is 2. The molecule has 130 valence electrons. The van der Waals surface area contributed by atoms with Crippen LogP contribution >= 0.6 is 23.2 Å². The van der Waals surface area contributed by atoms with Gasteiger partial charge in [-0.3, -0.25) is 9.69 Å². The van der Waals surface area contributed by atoms with E-state index in [-0.39, 0.29) is 23.6 Å². The molecule has 7 heteroatoms. The zero-order chi connectivity index (χ0) is 16.8. The molecule has 3 atom stereocenters. The molecule has 3 fully saturated rings. The number of carbonyl (C=O) groups excluding carboxylic acids is 1. The maximum atomic E-state index is 12.5. The van der Waals surface area contributed by atoms with E-state index in [1.165, 1.54) is 6.42 Å². The van der Waals surface area contributed by atoms with E-state index in [0.29, 0.717) is 34.7 Å². The molecule has 4 rings (SSSR count). The number of aromatic hydroxyl groups is 1. The van der Waals surface area contributed by atoms with Crippen LogP contribution in [0.4, 0.5) is 0 Å². The molecule has 1 amide bonds. The lowest BCUT2D eigenvalue weighted by Crippen LogP contribution is -2.58. The quantitative estimate of drug-likeness (QED) is 0.855. The van der Waals surface area contributed by atoms with Gasteiger partial charge < -0.3 is 15.3 Å². The topological polar surface area (TPSA) is 55.8 Å². The maximum Gasteiger partial charge on any atom is 0.237 e. The third-order valence-corrected chi connectivity index (χ3v) is 6.30. The third kappa shape index (κ3) is 2.88. The first-order valence-electron chi connectivity index (χ1n) is 8.45. The molecular weight excluding hydrogens is 349 g/mol. The van der Waals surface area contributed by atoms with E-state index in [0.717, 1.165) is 26.1 Å². The van der Waals surface area contributed by atoms with Crippen molar-refractivity contribution >= 4 is 29.1 Å². The molecule has 2 N–H and O–H groups in total. The third-order valence-electron chi connectivity index (χ3n) is 5.48. The Morgan fingerprint density at radius 2 is 2.08 bits per heavy atom. The molecule has 1 aromatic rings. The number of hydrogen-bond acceptors (Lipinski definition) is 4. The molecule has 0 bridgehead atoms. The Kier molecular flexibility index (Phi) is 4.37. The van der Waals surface area contributed by atoms with Gasteiger partial charge in [0.05, 0.1) is 16.6 Å². The molecule has 0 saturated carbocycles. The van der Waals surface area contributed by atoms with Crippen LogP contribution in [-0.4, -0.2) is 65.6 Å². The van der Waals surface area contributed by atoms with Gasteiger partial charge >= 0.3 is 0 Å². The highest BCUT2D eigenvalue weighted by Gasteiger charge is 2.42. The molecule has 0 spiro atoms. The zero-order valence-corrected chi connectivity index (χ0v) is 14.9. The molecule has 24 heavy (non-hydrogen) atoms. The normalized spacial score (nSPS) is 30.3. The minimum Gasteiger partial charge on any atom is -0.508 e. The van der Waals surface area contributed by atoms with Crippen LogP contribution < -0.4 is 5.32 Å². The number of phenols is 1. The van der Waals surface area contributed by atoms with Crippen molar-refractivity contribution < 1.29 is 9.90 Å². The standard InChI is InChI=1S/C17H21Cl2N3O2/c18-13-1-2-14(23)16(17(13)19)10-5-12-8-21(7-11-3-4-20-11)9-15(24)22(12)6-10/h1-2,10-12,20,23H,3-9H2/t10-,11+,12-/m0/s1. The van der Waals surface area contributed by atoms with Crippen molar-refractivity contribution in [3.63, 3.8) is 0 Å². The van der Waals surface area contributed by atoms with Crippen molar-refractivity contribution in [2.24, 2.45) is 0 Å². The number of piperazine rings is 1. The van der Waals surface area contributed by atoms with Crippen LogP contribution in [0, 0.1) is 0 Å². The molecule has 5 nitrogen and oxygen atoms in total. The van der Waals surface area contributed by atoms with Crippen LogP contribution in [0.1, 0.15) is 24.3 Å². The summed E-state index contributed by atoms with van der Waals surface area (Å²) in [6.45, 7) is 3.99. The summed E-state index contributed by atoms with van der Waals surface area (Å²) in [7, 11) is 0. The van der Waals surface area contributed by atoms with Gasteiger partial charge in [-0.15, -0.1) is 0 Å². The monoisotopic (exact) mass is 369 g/mol. The van der Waals surface area contributed by atoms with E-state index in [1.54, 1.807) is 12.1 Å². The van der Waals surface area contributed by atoms with Gasteiger partial charge in [0.15, 0.2) is 0 Å².